The normalized spacial score (nSPS) is 21.4. The SMILES string of the molecule is CC(C)OCN1CCC(O)CC1.CC(C)OCN1CCCCC1.CCN1CCN(COC(C)C)CC1. The third kappa shape index (κ3) is 18.0. The number of hydrogen-bond donors (Lipinski definition) is 1. The van der Waals surface area contributed by atoms with E-state index in [1.807, 2.05) is 13.8 Å². The zero-order valence-electron chi connectivity index (χ0n) is 24.8. The van der Waals surface area contributed by atoms with Gasteiger partial charge in [-0.15, -0.1) is 0 Å². The Bertz CT molecular complexity index is 488. The minimum Gasteiger partial charge on any atom is -0.393 e. The zero-order chi connectivity index (χ0) is 26.8. The molecular formula is C28H60N4O4. The highest BCUT2D eigenvalue weighted by atomic mass is 16.5. The van der Waals surface area contributed by atoms with E-state index in [0.717, 1.165) is 52.5 Å². The lowest BCUT2D eigenvalue weighted by Crippen LogP contribution is -2.47. The maximum Gasteiger partial charge on any atom is 0.0994 e. The van der Waals surface area contributed by atoms with Crippen LogP contribution in [0.5, 0.6) is 0 Å². The monoisotopic (exact) mass is 516 g/mol. The summed E-state index contributed by atoms with van der Waals surface area (Å²) in [5.41, 5.74) is 0. The Labute approximate surface area is 223 Å². The second-order valence-corrected chi connectivity index (χ2v) is 11.1. The molecule has 8 nitrogen and oxygen atoms in total. The van der Waals surface area contributed by atoms with Gasteiger partial charge >= 0.3 is 0 Å². The van der Waals surface area contributed by atoms with Gasteiger partial charge in [0.05, 0.1) is 44.6 Å². The van der Waals surface area contributed by atoms with Crippen LogP contribution in [0.4, 0.5) is 0 Å². The molecule has 0 bridgehead atoms. The molecule has 0 aromatic rings. The number of ether oxygens (including phenoxy) is 3. The van der Waals surface area contributed by atoms with Gasteiger partial charge in [0.25, 0.3) is 0 Å². The number of likely N-dealkylation sites (N-methyl/N-ethyl adjacent to an activating group) is 1. The van der Waals surface area contributed by atoms with Crippen LogP contribution in [0.1, 0.15) is 80.6 Å². The van der Waals surface area contributed by atoms with E-state index in [1.165, 1.54) is 52.0 Å². The fraction of sp³-hybridized carbons (Fsp3) is 1.00. The largest absolute Gasteiger partial charge is 0.393 e. The van der Waals surface area contributed by atoms with Crippen molar-refractivity contribution < 1.29 is 19.3 Å². The average Bonchev–Trinajstić information content (AvgIpc) is 2.87. The Morgan fingerprint density at radius 2 is 0.917 bits per heavy atom. The molecule has 36 heavy (non-hydrogen) atoms. The average molecular weight is 517 g/mol. The van der Waals surface area contributed by atoms with Gasteiger partial charge in [0, 0.05) is 52.4 Å². The third-order valence-electron chi connectivity index (χ3n) is 6.69. The number of aliphatic hydroxyl groups is 1. The first-order chi connectivity index (χ1) is 17.2. The van der Waals surface area contributed by atoms with Gasteiger partial charge < -0.3 is 24.2 Å². The molecule has 8 heteroatoms. The number of nitrogens with zero attached hydrogens (tertiary/aromatic N) is 4. The molecule has 0 aliphatic carbocycles. The van der Waals surface area contributed by atoms with Crippen molar-refractivity contribution in [3.8, 4) is 0 Å². The molecule has 3 aliphatic heterocycles. The molecule has 0 amide bonds. The van der Waals surface area contributed by atoms with Gasteiger partial charge in [-0.05, 0) is 73.8 Å². The van der Waals surface area contributed by atoms with Crippen LogP contribution >= 0.6 is 0 Å². The first kappa shape index (κ1) is 33.7. The number of rotatable bonds is 10. The van der Waals surface area contributed by atoms with Crippen LogP contribution in [-0.2, 0) is 14.2 Å². The van der Waals surface area contributed by atoms with Gasteiger partial charge in [-0.3, -0.25) is 14.7 Å². The van der Waals surface area contributed by atoms with Gasteiger partial charge in [-0.25, -0.2) is 0 Å². The molecule has 3 fully saturated rings. The van der Waals surface area contributed by atoms with Gasteiger partial charge in [-0.2, -0.15) is 0 Å². The predicted molar refractivity (Wildman–Crippen MR) is 149 cm³/mol. The van der Waals surface area contributed by atoms with Crippen molar-refractivity contribution in [1.82, 2.24) is 19.6 Å². The summed E-state index contributed by atoms with van der Waals surface area (Å²) >= 11 is 0. The zero-order valence-corrected chi connectivity index (χ0v) is 24.8. The summed E-state index contributed by atoms with van der Waals surface area (Å²) in [6.45, 7) is 27.3. The number of aliphatic hydroxyl groups excluding tert-OH is 1. The summed E-state index contributed by atoms with van der Waals surface area (Å²) < 4.78 is 16.5. The summed E-state index contributed by atoms with van der Waals surface area (Å²) in [6.07, 6.45) is 6.82. The minimum atomic E-state index is -0.0831. The lowest BCUT2D eigenvalue weighted by atomic mass is 10.1. The minimum absolute atomic E-state index is 0.0831. The van der Waals surface area contributed by atoms with E-state index in [1.54, 1.807) is 0 Å². The van der Waals surface area contributed by atoms with Crippen LogP contribution in [0.3, 0.4) is 0 Å². The fourth-order valence-electron chi connectivity index (χ4n) is 4.13. The molecule has 0 aromatic carbocycles. The molecule has 1 N–H and O–H groups in total. The standard InChI is InChI=1S/C10H22N2O.C9H19NO2.C9H19NO/c1-4-11-5-7-12(8-6-11)9-13-10(2)3;1-8(2)12-7-10-5-3-9(11)4-6-10;1-9(2)11-8-10-6-4-3-5-7-10/h10H,4-9H2,1-3H3;8-9,11H,3-7H2,1-2H3;9H,3-8H2,1-2H3. The van der Waals surface area contributed by atoms with E-state index in [0.29, 0.717) is 25.0 Å². The lowest BCUT2D eigenvalue weighted by Gasteiger charge is -2.33. The highest BCUT2D eigenvalue weighted by molar-refractivity contribution is 4.69. The maximum absolute atomic E-state index is 9.24. The number of likely N-dealkylation sites (tertiary alicyclic amines) is 2. The second-order valence-electron chi connectivity index (χ2n) is 11.1. The van der Waals surface area contributed by atoms with Gasteiger partial charge in [0.1, 0.15) is 0 Å². The molecule has 216 valence electrons. The Morgan fingerprint density at radius 3 is 1.31 bits per heavy atom. The summed E-state index contributed by atoms with van der Waals surface area (Å²) in [7, 11) is 0. The summed E-state index contributed by atoms with van der Waals surface area (Å²) in [6, 6.07) is 0. The van der Waals surface area contributed by atoms with E-state index in [4.69, 9.17) is 14.2 Å². The first-order valence-corrected chi connectivity index (χ1v) is 14.6. The van der Waals surface area contributed by atoms with Crippen molar-refractivity contribution in [2.24, 2.45) is 0 Å². The van der Waals surface area contributed by atoms with Gasteiger partial charge in [-0.1, -0.05) is 13.3 Å². The molecule has 3 saturated heterocycles. The number of piperidine rings is 2. The lowest BCUT2D eigenvalue weighted by molar-refractivity contribution is -0.0306. The Hall–Kier alpha value is -0.320. The van der Waals surface area contributed by atoms with Crippen LogP contribution in [-0.4, -0.2) is 128 Å². The van der Waals surface area contributed by atoms with Crippen molar-refractivity contribution in [1.29, 1.82) is 0 Å². The highest BCUT2D eigenvalue weighted by Gasteiger charge is 2.17. The fourth-order valence-corrected chi connectivity index (χ4v) is 4.13. The van der Waals surface area contributed by atoms with E-state index >= 15 is 0 Å². The Balaban J connectivity index is 0.000000271. The van der Waals surface area contributed by atoms with Crippen molar-refractivity contribution in [3.63, 3.8) is 0 Å². The third-order valence-corrected chi connectivity index (χ3v) is 6.69. The van der Waals surface area contributed by atoms with E-state index in [-0.39, 0.29) is 6.10 Å². The topological polar surface area (TPSA) is 60.9 Å². The van der Waals surface area contributed by atoms with Crippen LogP contribution < -0.4 is 0 Å². The summed E-state index contributed by atoms with van der Waals surface area (Å²) in [5.74, 6) is 0. The van der Waals surface area contributed by atoms with Crippen LogP contribution in [0.25, 0.3) is 0 Å². The van der Waals surface area contributed by atoms with Crippen LogP contribution in [0.2, 0.25) is 0 Å². The molecule has 0 radical (unpaired) electrons. The Morgan fingerprint density at radius 1 is 0.556 bits per heavy atom. The molecular weight excluding hydrogens is 456 g/mol. The van der Waals surface area contributed by atoms with Crippen molar-refractivity contribution in [3.05, 3.63) is 0 Å². The smallest absolute Gasteiger partial charge is 0.0994 e. The van der Waals surface area contributed by atoms with Crippen molar-refractivity contribution >= 4 is 0 Å². The summed E-state index contributed by atoms with van der Waals surface area (Å²) in [5, 5.41) is 9.24. The molecule has 3 heterocycles. The van der Waals surface area contributed by atoms with E-state index < -0.39 is 0 Å². The quantitative estimate of drug-likeness (QED) is 0.472. The molecule has 0 aromatic heterocycles. The second kappa shape index (κ2) is 20.6. The first-order valence-electron chi connectivity index (χ1n) is 14.6. The maximum atomic E-state index is 9.24. The molecule has 0 spiro atoms. The molecule has 0 atom stereocenters. The number of piperazine rings is 1. The Kier molecular flexibility index (Phi) is 19.3. The van der Waals surface area contributed by atoms with Crippen LogP contribution in [0, 0.1) is 0 Å². The van der Waals surface area contributed by atoms with E-state index in [9.17, 15) is 5.11 Å². The summed E-state index contributed by atoms with van der Waals surface area (Å²) in [4.78, 5) is 9.49. The molecule has 3 aliphatic rings. The van der Waals surface area contributed by atoms with Crippen molar-refractivity contribution in [2.75, 3.05) is 79.1 Å². The van der Waals surface area contributed by atoms with Crippen molar-refractivity contribution in [2.45, 2.75) is 105 Å². The molecule has 0 unspecified atom stereocenters. The predicted octanol–water partition coefficient (Wildman–Crippen LogP) is 3.69. The van der Waals surface area contributed by atoms with Gasteiger partial charge in [0.2, 0.25) is 0 Å². The van der Waals surface area contributed by atoms with E-state index in [2.05, 4.69) is 54.2 Å². The number of hydrogen-bond acceptors (Lipinski definition) is 8. The highest BCUT2D eigenvalue weighted by Crippen LogP contribution is 2.10. The van der Waals surface area contributed by atoms with Crippen LogP contribution in [0.15, 0.2) is 0 Å². The molecule has 3 rings (SSSR count). The molecule has 0 saturated carbocycles. The van der Waals surface area contributed by atoms with Gasteiger partial charge in [0.15, 0.2) is 0 Å².